The Bertz CT molecular complexity index is 1540. The molecule has 0 atom stereocenters. The Morgan fingerprint density at radius 2 is 1.52 bits per heavy atom. The van der Waals surface area contributed by atoms with Crippen LogP contribution < -0.4 is 5.32 Å². The van der Waals surface area contributed by atoms with Crippen molar-refractivity contribution in [2.24, 2.45) is 0 Å². The molecule has 0 fully saturated rings. The van der Waals surface area contributed by atoms with Gasteiger partial charge in [-0.2, -0.15) is 23.1 Å². The van der Waals surface area contributed by atoms with Crippen LogP contribution in [-0.4, -0.2) is 39.3 Å². The molecule has 4 rings (SSSR count). The predicted molar refractivity (Wildman–Crippen MR) is 137 cm³/mol. The molecule has 1 aromatic carbocycles. The Balaban J connectivity index is 0.000000307. The summed E-state index contributed by atoms with van der Waals surface area (Å²) in [5.74, 6) is 0.684. The molecule has 13 nitrogen and oxygen atoms in total. The van der Waals surface area contributed by atoms with E-state index in [1.165, 1.54) is 36.7 Å². The van der Waals surface area contributed by atoms with E-state index in [1.54, 1.807) is 13.1 Å². The van der Waals surface area contributed by atoms with Crippen molar-refractivity contribution in [3.8, 4) is 5.82 Å². The predicted octanol–water partition coefficient (Wildman–Crippen LogP) is 5.82. The number of imidazole rings is 1. The lowest BCUT2D eigenvalue weighted by molar-refractivity contribution is -0.386. The van der Waals surface area contributed by atoms with Gasteiger partial charge >= 0.3 is 17.6 Å². The quantitative estimate of drug-likeness (QED) is 0.123. The van der Waals surface area contributed by atoms with Crippen LogP contribution in [0.15, 0.2) is 36.7 Å². The Hall–Kier alpha value is -4.44. The molecule has 3 aromatic heterocycles. The van der Waals surface area contributed by atoms with Gasteiger partial charge in [-0.1, -0.05) is 23.7 Å². The number of benzene rings is 1. The molecule has 0 saturated heterocycles. The highest BCUT2D eigenvalue weighted by molar-refractivity contribution is 6.33. The molecule has 0 radical (unpaired) electrons. The van der Waals surface area contributed by atoms with E-state index in [4.69, 9.17) is 23.2 Å². The van der Waals surface area contributed by atoms with Crippen molar-refractivity contribution in [2.45, 2.75) is 33.5 Å². The molecular formula is C22H18Cl2F3N9O4. The zero-order valence-corrected chi connectivity index (χ0v) is 22.3. The monoisotopic (exact) mass is 599 g/mol. The second kappa shape index (κ2) is 12.2. The maximum atomic E-state index is 12.6. The van der Waals surface area contributed by atoms with Crippen LogP contribution >= 0.6 is 23.2 Å². The van der Waals surface area contributed by atoms with E-state index in [2.05, 4.69) is 30.2 Å². The average Bonchev–Trinajstić information content (AvgIpc) is 3.27. The largest absolute Gasteiger partial charge is 0.416 e. The minimum absolute atomic E-state index is 0.0578. The number of alkyl halides is 3. The van der Waals surface area contributed by atoms with Crippen molar-refractivity contribution in [1.29, 1.82) is 0 Å². The molecule has 3 heterocycles. The van der Waals surface area contributed by atoms with Crippen molar-refractivity contribution in [3.63, 3.8) is 0 Å². The van der Waals surface area contributed by atoms with Crippen LogP contribution in [0.2, 0.25) is 10.4 Å². The lowest BCUT2D eigenvalue weighted by Crippen LogP contribution is -2.12. The standard InChI is InChI=1S/C17H15F3N6O2.C5H3Cl2N3O2/c1-10-14(26(27)28)15(25-8-7-21-11(25)2)24-16(23-10)22-9-12-3-5-13(6-4-12)17(18,19)20;1-2-3(10(11)12)4(6)9-5(7)8-2/h3-8H,9H2,1-2H3,(H,22,23,24);1H3. The summed E-state index contributed by atoms with van der Waals surface area (Å²) in [4.78, 5) is 39.9. The second-order valence-electron chi connectivity index (χ2n) is 7.93. The average molecular weight is 600 g/mol. The maximum Gasteiger partial charge on any atom is 0.416 e. The third kappa shape index (κ3) is 7.15. The van der Waals surface area contributed by atoms with E-state index in [9.17, 15) is 33.4 Å². The Morgan fingerprint density at radius 3 is 2.02 bits per heavy atom. The minimum Gasteiger partial charge on any atom is -0.350 e. The van der Waals surface area contributed by atoms with Crippen molar-refractivity contribution in [3.05, 3.63) is 95.7 Å². The number of aromatic nitrogens is 6. The van der Waals surface area contributed by atoms with Gasteiger partial charge in [-0.15, -0.1) is 0 Å². The van der Waals surface area contributed by atoms with Crippen LogP contribution in [-0.2, 0) is 12.7 Å². The normalized spacial score (nSPS) is 11.0. The first-order valence-corrected chi connectivity index (χ1v) is 11.7. The Kier molecular flexibility index (Phi) is 9.16. The van der Waals surface area contributed by atoms with Crippen LogP contribution in [0, 0.1) is 41.0 Å². The first kappa shape index (κ1) is 30.1. The summed E-state index contributed by atoms with van der Waals surface area (Å²) in [6.07, 6.45) is -1.36. The van der Waals surface area contributed by atoms with Crippen molar-refractivity contribution in [2.75, 3.05) is 5.32 Å². The van der Waals surface area contributed by atoms with Crippen molar-refractivity contribution >= 4 is 40.5 Å². The molecule has 0 bridgehead atoms. The van der Waals surface area contributed by atoms with Crippen LogP contribution in [0.1, 0.15) is 28.3 Å². The number of aryl methyl sites for hydroxylation is 3. The van der Waals surface area contributed by atoms with Gasteiger partial charge in [-0.05, 0) is 50.1 Å². The van der Waals surface area contributed by atoms with Crippen LogP contribution in [0.3, 0.4) is 0 Å². The summed E-state index contributed by atoms with van der Waals surface area (Å²) in [7, 11) is 0. The van der Waals surface area contributed by atoms with Gasteiger partial charge in [0.25, 0.3) is 0 Å². The van der Waals surface area contributed by atoms with E-state index in [1.807, 2.05) is 0 Å². The fraction of sp³-hybridized carbons (Fsp3) is 0.227. The molecule has 40 heavy (non-hydrogen) atoms. The molecule has 0 unspecified atom stereocenters. The number of hydrogen-bond acceptors (Lipinski definition) is 10. The molecule has 0 spiro atoms. The van der Waals surface area contributed by atoms with Crippen molar-refractivity contribution < 1.29 is 23.0 Å². The van der Waals surface area contributed by atoms with Crippen LogP contribution in [0.4, 0.5) is 30.5 Å². The number of anilines is 1. The highest BCUT2D eigenvalue weighted by Crippen LogP contribution is 2.30. The molecule has 4 aromatic rings. The van der Waals surface area contributed by atoms with Gasteiger partial charge in [-0.25, -0.2) is 15.0 Å². The fourth-order valence-corrected chi connectivity index (χ4v) is 3.85. The second-order valence-corrected chi connectivity index (χ2v) is 8.63. The SMILES string of the molecule is Cc1nc(Cl)nc(Cl)c1[N+](=O)[O-].Cc1nc(NCc2ccc(C(F)(F)F)cc2)nc(-n2ccnc2C)c1[N+](=O)[O-]. The van der Waals surface area contributed by atoms with E-state index >= 15 is 0 Å². The number of nitrogens with one attached hydrogen (secondary N) is 1. The topological polar surface area (TPSA) is 168 Å². The molecule has 1 N–H and O–H groups in total. The number of nitrogens with zero attached hydrogens (tertiary/aromatic N) is 8. The third-order valence-corrected chi connectivity index (χ3v) is 5.61. The minimum atomic E-state index is -4.40. The Morgan fingerprint density at radius 1 is 0.925 bits per heavy atom. The van der Waals surface area contributed by atoms with Crippen LogP contribution in [0.25, 0.3) is 5.82 Å². The number of hydrogen-bond donors (Lipinski definition) is 1. The Labute approximate surface area is 233 Å². The third-order valence-electron chi connectivity index (χ3n) is 5.18. The van der Waals surface area contributed by atoms with E-state index in [0.29, 0.717) is 11.4 Å². The van der Waals surface area contributed by atoms with Gasteiger partial charge in [-0.3, -0.25) is 24.8 Å². The van der Waals surface area contributed by atoms with Crippen LogP contribution in [0.5, 0.6) is 0 Å². The lowest BCUT2D eigenvalue weighted by atomic mass is 10.1. The molecule has 18 heteroatoms. The zero-order valence-electron chi connectivity index (χ0n) is 20.8. The molecule has 0 amide bonds. The smallest absolute Gasteiger partial charge is 0.350 e. The molecule has 0 saturated carbocycles. The maximum absolute atomic E-state index is 12.6. The van der Waals surface area contributed by atoms with Gasteiger partial charge in [0.2, 0.25) is 22.2 Å². The highest BCUT2D eigenvalue weighted by atomic mass is 35.5. The van der Waals surface area contributed by atoms with Gasteiger partial charge in [0.05, 0.1) is 15.4 Å². The van der Waals surface area contributed by atoms with Gasteiger partial charge in [0, 0.05) is 18.9 Å². The zero-order chi connectivity index (χ0) is 29.8. The summed E-state index contributed by atoms with van der Waals surface area (Å²) in [5, 5.41) is 24.3. The van der Waals surface area contributed by atoms with Gasteiger partial charge < -0.3 is 5.32 Å². The van der Waals surface area contributed by atoms with Crippen molar-refractivity contribution in [1.82, 2.24) is 29.5 Å². The van der Waals surface area contributed by atoms with E-state index in [-0.39, 0.29) is 51.5 Å². The van der Waals surface area contributed by atoms with Gasteiger partial charge in [0.1, 0.15) is 17.2 Å². The van der Waals surface area contributed by atoms with E-state index in [0.717, 1.165) is 12.1 Å². The first-order valence-electron chi connectivity index (χ1n) is 11.0. The molecule has 0 aliphatic heterocycles. The van der Waals surface area contributed by atoms with Gasteiger partial charge in [0.15, 0.2) is 0 Å². The number of nitro groups is 2. The summed E-state index contributed by atoms with van der Waals surface area (Å²) in [6, 6.07) is 4.66. The summed E-state index contributed by atoms with van der Waals surface area (Å²) in [5.41, 5.74) is -0.408. The molecule has 0 aliphatic rings. The lowest BCUT2D eigenvalue weighted by Gasteiger charge is -2.11. The fourth-order valence-electron chi connectivity index (χ4n) is 3.31. The highest BCUT2D eigenvalue weighted by Gasteiger charge is 2.30. The summed E-state index contributed by atoms with van der Waals surface area (Å²) >= 11 is 10.9. The summed E-state index contributed by atoms with van der Waals surface area (Å²) in [6.45, 7) is 4.75. The molecule has 0 aliphatic carbocycles. The van der Waals surface area contributed by atoms with E-state index < -0.39 is 21.6 Å². The molecule has 210 valence electrons. The number of halogens is 5. The molecular weight excluding hydrogens is 582 g/mol. The first-order chi connectivity index (χ1) is 18.7. The summed E-state index contributed by atoms with van der Waals surface area (Å²) < 4.78 is 39.4. The number of rotatable bonds is 6.